The lowest BCUT2D eigenvalue weighted by Crippen LogP contribution is -2.44. The highest BCUT2D eigenvalue weighted by Gasteiger charge is 2.27. The van der Waals surface area contributed by atoms with Crippen molar-refractivity contribution in [2.24, 2.45) is 11.7 Å². The lowest BCUT2D eigenvalue weighted by Gasteiger charge is -2.31. The van der Waals surface area contributed by atoms with Gasteiger partial charge in [-0.1, -0.05) is 0 Å². The maximum atomic E-state index is 12.5. The van der Waals surface area contributed by atoms with E-state index < -0.39 is 0 Å². The van der Waals surface area contributed by atoms with Gasteiger partial charge in [-0.3, -0.25) is 9.59 Å². The van der Waals surface area contributed by atoms with Gasteiger partial charge in [0.05, 0.1) is 25.1 Å². The molecule has 0 saturated carbocycles. The molecule has 7 heteroatoms. The standard InChI is InChI=1S/C18H21N3O3S/c1-24-15-6-4-12(5-7-15)18-20-14(11-25-18)9-16(22)21-8-2-3-13(10-21)17(19)23/h4-7,11,13H,2-3,8-10H2,1H3,(H2,19,23)/t13-/m0/s1. The Morgan fingerprint density at radius 2 is 2.12 bits per heavy atom. The fourth-order valence-electron chi connectivity index (χ4n) is 2.96. The van der Waals surface area contributed by atoms with E-state index in [0.29, 0.717) is 13.1 Å². The molecule has 1 aromatic carbocycles. The number of methoxy groups -OCH3 is 1. The number of hydrogen-bond acceptors (Lipinski definition) is 5. The molecule has 132 valence electrons. The fraction of sp³-hybridized carbons (Fsp3) is 0.389. The number of likely N-dealkylation sites (tertiary alicyclic amines) is 1. The first-order valence-electron chi connectivity index (χ1n) is 8.22. The van der Waals surface area contributed by atoms with Crippen LogP contribution in [0.4, 0.5) is 0 Å². The van der Waals surface area contributed by atoms with Gasteiger partial charge in [0.1, 0.15) is 10.8 Å². The van der Waals surface area contributed by atoms with E-state index in [0.717, 1.165) is 34.9 Å². The Morgan fingerprint density at radius 3 is 2.80 bits per heavy atom. The molecule has 0 bridgehead atoms. The number of ether oxygens (including phenoxy) is 1. The largest absolute Gasteiger partial charge is 0.497 e. The molecule has 0 aliphatic carbocycles. The quantitative estimate of drug-likeness (QED) is 0.886. The second kappa shape index (κ2) is 7.65. The van der Waals surface area contributed by atoms with Crippen molar-refractivity contribution in [2.75, 3.05) is 20.2 Å². The lowest BCUT2D eigenvalue weighted by molar-refractivity contribution is -0.134. The van der Waals surface area contributed by atoms with Gasteiger partial charge in [0.15, 0.2) is 0 Å². The third-order valence-corrected chi connectivity index (χ3v) is 5.34. The summed E-state index contributed by atoms with van der Waals surface area (Å²) in [7, 11) is 1.63. The van der Waals surface area contributed by atoms with E-state index in [1.165, 1.54) is 11.3 Å². The Morgan fingerprint density at radius 1 is 1.36 bits per heavy atom. The normalized spacial score (nSPS) is 17.3. The monoisotopic (exact) mass is 359 g/mol. The summed E-state index contributed by atoms with van der Waals surface area (Å²) in [5.41, 5.74) is 7.12. The average molecular weight is 359 g/mol. The SMILES string of the molecule is COc1ccc(-c2nc(CC(=O)N3CCC[C@H](C(N)=O)C3)cs2)cc1. The van der Waals surface area contributed by atoms with Crippen molar-refractivity contribution in [2.45, 2.75) is 19.3 Å². The molecule has 2 aromatic rings. The Balaban J connectivity index is 1.64. The molecule has 0 radical (unpaired) electrons. The first kappa shape index (κ1) is 17.4. The third-order valence-electron chi connectivity index (χ3n) is 4.40. The number of aromatic nitrogens is 1. The number of nitrogens with two attached hydrogens (primary N) is 1. The molecule has 2 heterocycles. The Kier molecular flexibility index (Phi) is 5.33. The molecule has 2 N–H and O–H groups in total. The van der Waals surface area contributed by atoms with Crippen LogP contribution >= 0.6 is 11.3 Å². The number of nitrogens with zero attached hydrogens (tertiary/aromatic N) is 2. The summed E-state index contributed by atoms with van der Waals surface area (Å²) in [6.45, 7) is 1.10. The van der Waals surface area contributed by atoms with E-state index >= 15 is 0 Å². The molecule has 2 amide bonds. The van der Waals surface area contributed by atoms with Crippen LogP contribution in [-0.4, -0.2) is 41.9 Å². The lowest BCUT2D eigenvalue weighted by atomic mass is 9.97. The molecule has 1 saturated heterocycles. The molecule has 1 atom stereocenters. The number of amides is 2. The van der Waals surface area contributed by atoms with Gasteiger partial charge in [0.25, 0.3) is 0 Å². The van der Waals surface area contributed by atoms with Crippen LogP contribution in [0.25, 0.3) is 10.6 Å². The minimum absolute atomic E-state index is 0.00229. The van der Waals surface area contributed by atoms with Crippen LogP contribution in [0, 0.1) is 5.92 Å². The Labute approximate surface area is 150 Å². The van der Waals surface area contributed by atoms with Crippen LogP contribution in [0.15, 0.2) is 29.6 Å². The van der Waals surface area contributed by atoms with Crippen LogP contribution in [0.5, 0.6) is 5.75 Å². The highest BCUT2D eigenvalue weighted by atomic mass is 32.1. The predicted octanol–water partition coefficient (Wildman–Crippen LogP) is 2.09. The van der Waals surface area contributed by atoms with Gasteiger partial charge in [-0.2, -0.15) is 0 Å². The zero-order chi connectivity index (χ0) is 17.8. The zero-order valence-electron chi connectivity index (χ0n) is 14.1. The highest BCUT2D eigenvalue weighted by Crippen LogP contribution is 2.26. The van der Waals surface area contributed by atoms with E-state index in [-0.39, 0.29) is 24.2 Å². The van der Waals surface area contributed by atoms with Crippen LogP contribution in [0.3, 0.4) is 0 Å². The first-order chi connectivity index (χ1) is 12.1. The highest BCUT2D eigenvalue weighted by molar-refractivity contribution is 7.13. The maximum absolute atomic E-state index is 12.5. The van der Waals surface area contributed by atoms with Gasteiger partial charge in [-0.05, 0) is 37.1 Å². The summed E-state index contributed by atoms with van der Waals surface area (Å²) in [4.78, 5) is 30.1. The van der Waals surface area contributed by atoms with Crippen molar-refractivity contribution in [3.05, 3.63) is 35.3 Å². The van der Waals surface area contributed by atoms with Crippen molar-refractivity contribution in [1.29, 1.82) is 0 Å². The third kappa shape index (κ3) is 4.17. The maximum Gasteiger partial charge on any atom is 0.228 e. The van der Waals surface area contributed by atoms with Gasteiger partial charge >= 0.3 is 0 Å². The average Bonchev–Trinajstić information content (AvgIpc) is 3.10. The fourth-order valence-corrected chi connectivity index (χ4v) is 3.78. The summed E-state index contributed by atoms with van der Waals surface area (Å²) in [6, 6.07) is 7.68. The number of rotatable bonds is 5. The Bertz CT molecular complexity index is 757. The van der Waals surface area contributed by atoms with Crippen molar-refractivity contribution < 1.29 is 14.3 Å². The zero-order valence-corrected chi connectivity index (χ0v) is 14.9. The number of carbonyl (C=O) groups excluding carboxylic acids is 2. The summed E-state index contributed by atoms with van der Waals surface area (Å²) in [6.07, 6.45) is 1.82. The van der Waals surface area contributed by atoms with E-state index in [9.17, 15) is 9.59 Å². The minimum Gasteiger partial charge on any atom is -0.497 e. The van der Waals surface area contributed by atoms with Crippen molar-refractivity contribution in [3.63, 3.8) is 0 Å². The molecule has 1 aliphatic rings. The van der Waals surface area contributed by atoms with E-state index in [2.05, 4.69) is 4.98 Å². The number of benzene rings is 1. The molecular weight excluding hydrogens is 338 g/mol. The van der Waals surface area contributed by atoms with Crippen LogP contribution in [0.1, 0.15) is 18.5 Å². The predicted molar refractivity (Wildman–Crippen MR) is 96.3 cm³/mol. The van der Waals surface area contributed by atoms with Crippen molar-refractivity contribution in [3.8, 4) is 16.3 Å². The second-order valence-corrected chi connectivity index (χ2v) is 6.99. The first-order valence-corrected chi connectivity index (χ1v) is 9.10. The summed E-state index contributed by atoms with van der Waals surface area (Å²) in [5, 5.41) is 2.78. The molecule has 0 spiro atoms. The molecule has 0 unspecified atom stereocenters. The van der Waals surface area contributed by atoms with Crippen molar-refractivity contribution in [1.82, 2.24) is 9.88 Å². The molecule has 6 nitrogen and oxygen atoms in total. The summed E-state index contributed by atoms with van der Waals surface area (Å²) in [5.74, 6) is 0.235. The van der Waals surface area contributed by atoms with Gasteiger partial charge in [0.2, 0.25) is 11.8 Å². The topological polar surface area (TPSA) is 85.5 Å². The Hall–Kier alpha value is -2.41. The van der Waals surface area contributed by atoms with Gasteiger partial charge in [0, 0.05) is 24.0 Å². The number of thiazole rings is 1. The summed E-state index contributed by atoms with van der Waals surface area (Å²) >= 11 is 1.51. The number of carbonyl (C=O) groups is 2. The molecule has 1 aliphatic heterocycles. The number of primary amides is 1. The molecule has 1 fully saturated rings. The summed E-state index contributed by atoms with van der Waals surface area (Å²) < 4.78 is 5.16. The number of hydrogen-bond donors (Lipinski definition) is 1. The second-order valence-electron chi connectivity index (χ2n) is 6.13. The van der Waals surface area contributed by atoms with E-state index in [4.69, 9.17) is 10.5 Å². The van der Waals surface area contributed by atoms with Crippen LogP contribution in [-0.2, 0) is 16.0 Å². The molecule has 25 heavy (non-hydrogen) atoms. The van der Waals surface area contributed by atoms with Gasteiger partial charge in [-0.25, -0.2) is 4.98 Å². The van der Waals surface area contributed by atoms with Gasteiger partial charge < -0.3 is 15.4 Å². The minimum atomic E-state index is -0.326. The van der Waals surface area contributed by atoms with Crippen molar-refractivity contribution >= 4 is 23.2 Å². The van der Waals surface area contributed by atoms with E-state index in [1.807, 2.05) is 29.6 Å². The number of piperidine rings is 1. The molecular formula is C18H21N3O3S. The molecule has 3 rings (SSSR count). The van der Waals surface area contributed by atoms with Crippen LogP contribution in [0.2, 0.25) is 0 Å². The van der Waals surface area contributed by atoms with Crippen LogP contribution < -0.4 is 10.5 Å². The van der Waals surface area contributed by atoms with Gasteiger partial charge in [-0.15, -0.1) is 11.3 Å². The smallest absolute Gasteiger partial charge is 0.228 e. The van der Waals surface area contributed by atoms with E-state index in [1.54, 1.807) is 12.0 Å². The molecule has 1 aromatic heterocycles.